The summed E-state index contributed by atoms with van der Waals surface area (Å²) in [5, 5.41) is 2.47. The Morgan fingerprint density at radius 1 is 1.64 bits per heavy atom. The van der Waals surface area contributed by atoms with Crippen molar-refractivity contribution in [1.82, 2.24) is 5.32 Å². The Morgan fingerprint density at radius 3 is 2.91 bits per heavy atom. The minimum absolute atomic E-state index is 0.229. The molecule has 0 rings (SSSR count). The first kappa shape index (κ1) is 9.90. The van der Waals surface area contributed by atoms with Crippen molar-refractivity contribution in [3.63, 3.8) is 0 Å². The Kier molecular flexibility index (Phi) is 6.31. The molecule has 0 fully saturated rings. The van der Waals surface area contributed by atoms with Crippen LogP contribution in [0.15, 0.2) is 0 Å². The molecule has 0 aliphatic rings. The molecule has 5 heteroatoms. The lowest BCUT2D eigenvalue weighted by molar-refractivity contribution is -0.137. The normalized spacial score (nSPS) is 8.82. The summed E-state index contributed by atoms with van der Waals surface area (Å²) in [6.45, 7) is 0.882. The standard InChI is InChI=1S/C6H11NO4/c1-10-3-2-7-6(9)4-11-5-8/h5H,2-4H2,1H3,(H,7,9). The number of hydrogen-bond acceptors (Lipinski definition) is 4. The molecule has 64 valence electrons. The van der Waals surface area contributed by atoms with E-state index in [2.05, 4.69) is 14.8 Å². The fourth-order valence-corrected chi connectivity index (χ4v) is 0.453. The molecule has 5 nitrogen and oxygen atoms in total. The van der Waals surface area contributed by atoms with Crippen LogP contribution in [0, 0.1) is 0 Å². The van der Waals surface area contributed by atoms with Gasteiger partial charge in [-0.25, -0.2) is 0 Å². The van der Waals surface area contributed by atoms with Crippen molar-refractivity contribution in [2.24, 2.45) is 0 Å². The zero-order valence-corrected chi connectivity index (χ0v) is 6.33. The van der Waals surface area contributed by atoms with E-state index in [1.807, 2.05) is 0 Å². The van der Waals surface area contributed by atoms with Crippen molar-refractivity contribution in [3.05, 3.63) is 0 Å². The molecule has 1 N–H and O–H groups in total. The van der Waals surface area contributed by atoms with E-state index in [0.29, 0.717) is 13.2 Å². The summed E-state index contributed by atoms with van der Waals surface area (Å²) < 4.78 is 8.86. The number of carbonyl (C=O) groups is 2. The summed E-state index contributed by atoms with van der Waals surface area (Å²) in [6, 6.07) is 0. The van der Waals surface area contributed by atoms with Crippen molar-refractivity contribution < 1.29 is 19.1 Å². The third-order valence-electron chi connectivity index (χ3n) is 0.911. The third kappa shape index (κ3) is 6.79. The zero-order valence-electron chi connectivity index (χ0n) is 6.33. The molecule has 0 unspecified atom stereocenters. The molecule has 0 aromatic rings. The average molecular weight is 161 g/mol. The number of methoxy groups -OCH3 is 1. The predicted molar refractivity (Wildman–Crippen MR) is 36.9 cm³/mol. The number of amides is 1. The summed E-state index contributed by atoms with van der Waals surface area (Å²) in [4.78, 5) is 20.2. The van der Waals surface area contributed by atoms with E-state index in [1.165, 1.54) is 7.11 Å². The smallest absolute Gasteiger partial charge is 0.293 e. The van der Waals surface area contributed by atoms with Gasteiger partial charge in [-0.2, -0.15) is 0 Å². The lowest BCUT2D eigenvalue weighted by atomic mass is 10.6. The van der Waals surface area contributed by atoms with E-state index in [4.69, 9.17) is 0 Å². The second kappa shape index (κ2) is 7.01. The molecule has 0 bridgehead atoms. The van der Waals surface area contributed by atoms with Crippen molar-refractivity contribution in [1.29, 1.82) is 0 Å². The van der Waals surface area contributed by atoms with Gasteiger partial charge in [0.1, 0.15) is 0 Å². The van der Waals surface area contributed by atoms with E-state index in [-0.39, 0.29) is 19.0 Å². The first-order chi connectivity index (χ1) is 5.31. The fourth-order valence-electron chi connectivity index (χ4n) is 0.453. The highest BCUT2D eigenvalue weighted by Gasteiger charge is 1.98. The topological polar surface area (TPSA) is 64.6 Å². The summed E-state index contributed by atoms with van der Waals surface area (Å²) in [5.74, 6) is -0.325. The minimum Gasteiger partial charge on any atom is -0.458 e. The average Bonchev–Trinajstić information content (AvgIpc) is 2.01. The Balaban J connectivity index is 3.15. The van der Waals surface area contributed by atoms with E-state index < -0.39 is 0 Å². The van der Waals surface area contributed by atoms with Crippen molar-refractivity contribution >= 4 is 12.4 Å². The van der Waals surface area contributed by atoms with Gasteiger partial charge in [-0.3, -0.25) is 9.59 Å². The fraction of sp³-hybridized carbons (Fsp3) is 0.667. The second-order valence-electron chi connectivity index (χ2n) is 1.75. The number of ether oxygens (including phenoxy) is 2. The van der Waals surface area contributed by atoms with Crippen LogP contribution in [0.25, 0.3) is 0 Å². The number of hydrogen-bond donors (Lipinski definition) is 1. The van der Waals surface area contributed by atoms with E-state index in [9.17, 15) is 9.59 Å². The summed E-state index contributed by atoms with van der Waals surface area (Å²) in [5.41, 5.74) is 0. The highest BCUT2D eigenvalue weighted by Crippen LogP contribution is 1.70. The van der Waals surface area contributed by atoms with Crippen molar-refractivity contribution in [2.45, 2.75) is 0 Å². The number of nitrogens with one attached hydrogen (secondary N) is 1. The third-order valence-corrected chi connectivity index (χ3v) is 0.911. The largest absolute Gasteiger partial charge is 0.458 e. The molecule has 0 aliphatic heterocycles. The summed E-state index contributed by atoms with van der Waals surface area (Å²) in [7, 11) is 1.54. The Bertz CT molecular complexity index is 126. The van der Waals surface area contributed by atoms with Gasteiger partial charge >= 0.3 is 0 Å². The van der Waals surface area contributed by atoms with Crippen LogP contribution in [-0.4, -0.2) is 39.2 Å². The molecule has 11 heavy (non-hydrogen) atoms. The first-order valence-electron chi connectivity index (χ1n) is 3.12. The maximum absolute atomic E-state index is 10.6. The van der Waals surface area contributed by atoms with Gasteiger partial charge in [0, 0.05) is 13.7 Å². The van der Waals surface area contributed by atoms with Gasteiger partial charge in [0.15, 0.2) is 6.61 Å². The molecule has 0 saturated carbocycles. The molecular weight excluding hydrogens is 150 g/mol. The van der Waals surface area contributed by atoms with Gasteiger partial charge in [0.25, 0.3) is 12.4 Å². The minimum atomic E-state index is -0.325. The van der Waals surface area contributed by atoms with Crippen molar-refractivity contribution in [2.75, 3.05) is 26.9 Å². The van der Waals surface area contributed by atoms with E-state index in [0.717, 1.165) is 0 Å². The van der Waals surface area contributed by atoms with Crippen LogP contribution < -0.4 is 5.32 Å². The van der Waals surface area contributed by atoms with Gasteiger partial charge in [-0.15, -0.1) is 0 Å². The Morgan fingerprint density at radius 2 is 2.36 bits per heavy atom. The molecule has 0 heterocycles. The van der Waals surface area contributed by atoms with Gasteiger partial charge in [0.05, 0.1) is 6.61 Å². The lowest BCUT2D eigenvalue weighted by Gasteiger charge is -2.01. The van der Waals surface area contributed by atoms with Crippen LogP contribution in [0.2, 0.25) is 0 Å². The van der Waals surface area contributed by atoms with Crippen LogP contribution in [0.3, 0.4) is 0 Å². The summed E-state index contributed by atoms with van der Waals surface area (Å²) in [6.07, 6.45) is 0. The van der Waals surface area contributed by atoms with Crippen LogP contribution in [-0.2, 0) is 19.1 Å². The quantitative estimate of drug-likeness (QED) is 0.397. The molecule has 0 aromatic carbocycles. The van der Waals surface area contributed by atoms with Gasteiger partial charge in [-0.1, -0.05) is 0 Å². The molecule has 0 radical (unpaired) electrons. The Labute approximate surface area is 64.7 Å². The molecular formula is C6H11NO4. The number of rotatable bonds is 6. The van der Waals surface area contributed by atoms with Crippen LogP contribution in [0.4, 0.5) is 0 Å². The molecule has 0 aliphatic carbocycles. The second-order valence-corrected chi connectivity index (χ2v) is 1.75. The van der Waals surface area contributed by atoms with Crippen LogP contribution in [0.5, 0.6) is 0 Å². The predicted octanol–water partition coefficient (Wildman–Crippen LogP) is -1.08. The maximum atomic E-state index is 10.6. The highest BCUT2D eigenvalue weighted by molar-refractivity contribution is 5.77. The van der Waals surface area contributed by atoms with E-state index >= 15 is 0 Å². The summed E-state index contributed by atoms with van der Waals surface area (Å²) >= 11 is 0. The first-order valence-corrected chi connectivity index (χ1v) is 3.12. The molecule has 0 atom stereocenters. The van der Waals surface area contributed by atoms with E-state index in [1.54, 1.807) is 0 Å². The Hall–Kier alpha value is -1.10. The van der Waals surface area contributed by atoms with Gasteiger partial charge in [-0.05, 0) is 0 Å². The molecule has 0 spiro atoms. The lowest BCUT2D eigenvalue weighted by Crippen LogP contribution is -2.30. The van der Waals surface area contributed by atoms with Gasteiger partial charge in [0.2, 0.25) is 0 Å². The molecule has 0 saturated heterocycles. The zero-order chi connectivity index (χ0) is 8.53. The molecule has 0 aromatic heterocycles. The van der Waals surface area contributed by atoms with Crippen molar-refractivity contribution in [3.8, 4) is 0 Å². The van der Waals surface area contributed by atoms with Crippen LogP contribution in [0.1, 0.15) is 0 Å². The number of carbonyl (C=O) groups excluding carboxylic acids is 2. The van der Waals surface area contributed by atoms with Gasteiger partial charge < -0.3 is 14.8 Å². The monoisotopic (exact) mass is 161 g/mol. The highest BCUT2D eigenvalue weighted by atomic mass is 16.5. The SMILES string of the molecule is COCCNC(=O)COC=O. The molecule has 1 amide bonds. The van der Waals surface area contributed by atoms with Crippen LogP contribution >= 0.6 is 0 Å². The maximum Gasteiger partial charge on any atom is 0.293 e.